The van der Waals surface area contributed by atoms with Crippen LogP contribution in [0.2, 0.25) is 0 Å². The van der Waals surface area contributed by atoms with E-state index in [1.54, 1.807) is 12.1 Å². The Labute approximate surface area is 94.8 Å². The SMILES string of the molecule is CCc1nc(C)cc(-c2ccccc2O)n1. The van der Waals surface area contributed by atoms with E-state index in [1.165, 1.54) is 0 Å². The molecule has 1 heterocycles. The molecule has 1 aromatic heterocycles. The molecule has 82 valence electrons. The first-order chi connectivity index (χ1) is 7.70. The Morgan fingerprint density at radius 2 is 1.94 bits per heavy atom. The average Bonchev–Trinajstić information content (AvgIpc) is 2.28. The molecule has 0 amide bonds. The van der Waals surface area contributed by atoms with Gasteiger partial charge in [0.1, 0.15) is 11.6 Å². The van der Waals surface area contributed by atoms with Gasteiger partial charge in [-0.3, -0.25) is 0 Å². The van der Waals surface area contributed by atoms with Gasteiger partial charge in [-0.15, -0.1) is 0 Å². The minimum Gasteiger partial charge on any atom is -0.507 e. The van der Waals surface area contributed by atoms with Crippen molar-refractivity contribution in [2.45, 2.75) is 20.3 Å². The van der Waals surface area contributed by atoms with Gasteiger partial charge in [-0.1, -0.05) is 19.1 Å². The monoisotopic (exact) mass is 214 g/mol. The maximum absolute atomic E-state index is 9.76. The van der Waals surface area contributed by atoms with Crippen molar-refractivity contribution in [1.82, 2.24) is 9.97 Å². The molecule has 2 rings (SSSR count). The summed E-state index contributed by atoms with van der Waals surface area (Å²) in [6.45, 7) is 3.95. The first kappa shape index (κ1) is 10.6. The van der Waals surface area contributed by atoms with Crippen LogP contribution in [0.3, 0.4) is 0 Å². The van der Waals surface area contributed by atoms with Crippen molar-refractivity contribution in [2.24, 2.45) is 0 Å². The highest BCUT2D eigenvalue weighted by Crippen LogP contribution is 2.27. The van der Waals surface area contributed by atoms with Gasteiger partial charge in [-0.25, -0.2) is 9.97 Å². The number of phenols is 1. The first-order valence-electron chi connectivity index (χ1n) is 5.33. The second-order valence-electron chi connectivity index (χ2n) is 3.68. The quantitative estimate of drug-likeness (QED) is 0.836. The molecule has 0 aliphatic heterocycles. The lowest BCUT2D eigenvalue weighted by atomic mass is 10.1. The average molecular weight is 214 g/mol. The van der Waals surface area contributed by atoms with E-state index in [9.17, 15) is 5.11 Å². The topological polar surface area (TPSA) is 46.0 Å². The van der Waals surface area contributed by atoms with E-state index in [0.717, 1.165) is 29.2 Å². The maximum Gasteiger partial charge on any atom is 0.128 e. The van der Waals surface area contributed by atoms with Crippen LogP contribution in [0.15, 0.2) is 30.3 Å². The summed E-state index contributed by atoms with van der Waals surface area (Å²) in [5.41, 5.74) is 2.45. The molecule has 3 heteroatoms. The van der Waals surface area contributed by atoms with Crippen molar-refractivity contribution in [3.63, 3.8) is 0 Å². The van der Waals surface area contributed by atoms with Gasteiger partial charge in [0, 0.05) is 17.7 Å². The molecule has 0 spiro atoms. The number of nitrogens with zero attached hydrogens (tertiary/aromatic N) is 2. The lowest BCUT2D eigenvalue weighted by Crippen LogP contribution is -1.97. The lowest BCUT2D eigenvalue weighted by molar-refractivity contribution is 0.477. The maximum atomic E-state index is 9.76. The van der Waals surface area contributed by atoms with Crippen molar-refractivity contribution in [2.75, 3.05) is 0 Å². The van der Waals surface area contributed by atoms with Crippen LogP contribution in [0.25, 0.3) is 11.3 Å². The molecule has 16 heavy (non-hydrogen) atoms. The highest BCUT2D eigenvalue weighted by molar-refractivity contribution is 5.66. The molecule has 0 fully saturated rings. The number of rotatable bonds is 2. The smallest absolute Gasteiger partial charge is 0.128 e. The highest BCUT2D eigenvalue weighted by atomic mass is 16.3. The lowest BCUT2D eigenvalue weighted by Gasteiger charge is -2.06. The number of aromatic nitrogens is 2. The predicted molar refractivity (Wildman–Crippen MR) is 63.2 cm³/mol. The van der Waals surface area contributed by atoms with Crippen LogP contribution in [0, 0.1) is 6.92 Å². The van der Waals surface area contributed by atoms with E-state index in [2.05, 4.69) is 9.97 Å². The van der Waals surface area contributed by atoms with Gasteiger partial charge in [-0.2, -0.15) is 0 Å². The number of hydrogen-bond donors (Lipinski definition) is 1. The van der Waals surface area contributed by atoms with E-state index < -0.39 is 0 Å². The van der Waals surface area contributed by atoms with E-state index in [-0.39, 0.29) is 5.75 Å². The van der Waals surface area contributed by atoms with Crippen LogP contribution in [0.5, 0.6) is 5.75 Å². The summed E-state index contributed by atoms with van der Waals surface area (Å²) >= 11 is 0. The summed E-state index contributed by atoms with van der Waals surface area (Å²) in [6, 6.07) is 9.09. The fourth-order valence-corrected chi connectivity index (χ4v) is 1.62. The summed E-state index contributed by atoms with van der Waals surface area (Å²) < 4.78 is 0. The van der Waals surface area contributed by atoms with Gasteiger partial charge < -0.3 is 5.11 Å². The molecule has 2 aromatic rings. The molecule has 0 radical (unpaired) electrons. The highest BCUT2D eigenvalue weighted by Gasteiger charge is 2.07. The molecule has 0 aliphatic rings. The fraction of sp³-hybridized carbons (Fsp3) is 0.231. The molecular weight excluding hydrogens is 200 g/mol. The van der Waals surface area contributed by atoms with Crippen LogP contribution >= 0.6 is 0 Å². The summed E-state index contributed by atoms with van der Waals surface area (Å²) in [6.07, 6.45) is 0.794. The number of aryl methyl sites for hydroxylation is 2. The van der Waals surface area contributed by atoms with Crippen molar-refractivity contribution >= 4 is 0 Å². The van der Waals surface area contributed by atoms with Gasteiger partial charge in [-0.05, 0) is 25.1 Å². The van der Waals surface area contributed by atoms with E-state index in [4.69, 9.17) is 0 Å². The number of hydrogen-bond acceptors (Lipinski definition) is 3. The van der Waals surface area contributed by atoms with Gasteiger partial charge in [0.05, 0.1) is 5.69 Å². The number of aromatic hydroxyl groups is 1. The summed E-state index contributed by atoms with van der Waals surface area (Å²) in [7, 11) is 0. The van der Waals surface area contributed by atoms with Crippen molar-refractivity contribution in [3.05, 3.63) is 41.9 Å². The molecule has 0 saturated carbocycles. The van der Waals surface area contributed by atoms with E-state index >= 15 is 0 Å². The Morgan fingerprint density at radius 3 is 2.62 bits per heavy atom. The second-order valence-corrected chi connectivity index (χ2v) is 3.68. The first-order valence-corrected chi connectivity index (χ1v) is 5.33. The molecular formula is C13H14N2O. The van der Waals surface area contributed by atoms with E-state index in [0.29, 0.717) is 0 Å². The summed E-state index contributed by atoms with van der Waals surface area (Å²) in [5, 5.41) is 9.76. The summed E-state index contributed by atoms with van der Waals surface area (Å²) in [5.74, 6) is 1.06. The Kier molecular flexibility index (Phi) is 2.86. The van der Waals surface area contributed by atoms with Crippen LogP contribution in [0.4, 0.5) is 0 Å². The summed E-state index contributed by atoms with van der Waals surface area (Å²) in [4.78, 5) is 8.73. The molecule has 1 N–H and O–H groups in total. The third-order valence-corrected chi connectivity index (χ3v) is 2.40. The third-order valence-electron chi connectivity index (χ3n) is 2.40. The number of phenolic OH excluding ortho intramolecular Hbond substituents is 1. The third kappa shape index (κ3) is 2.03. The fourth-order valence-electron chi connectivity index (χ4n) is 1.62. The second kappa shape index (κ2) is 4.31. The largest absolute Gasteiger partial charge is 0.507 e. The zero-order chi connectivity index (χ0) is 11.5. The van der Waals surface area contributed by atoms with Crippen LogP contribution in [-0.4, -0.2) is 15.1 Å². The molecule has 0 unspecified atom stereocenters. The predicted octanol–water partition coefficient (Wildman–Crippen LogP) is 2.72. The van der Waals surface area contributed by atoms with Crippen molar-refractivity contribution < 1.29 is 5.11 Å². The normalized spacial score (nSPS) is 10.4. The Morgan fingerprint density at radius 1 is 1.19 bits per heavy atom. The zero-order valence-corrected chi connectivity index (χ0v) is 9.44. The van der Waals surface area contributed by atoms with Gasteiger partial charge in [0.2, 0.25) is 0 Å². The minimum absolute atomic E-state index is 0.252. The van der Waals surface area contributed by atoms with Crippen LogP contribution in [0.1, 0.15) is 18.4 Å². The van der Waals surface area contributed by atoms with Gasteiger partial charge in [0.15, 0.2) is 0 Å². The zero-order valence-electron chi connectivity index (χ0n) is 9.44. The molecule has 0 atom stereocenters. The van der Waals surface area contributed by atoms with Crippen molar-refractivity contribution in [3.8, 4) is 17.0 Å². The van der Waals surface area contributed by atoms with Crippen molar-refractivity contribution in [1.29, 1.82) is 0 Å². The molecule has 0 bridgehead atoms. The van der Waals surface area contributed by atoms with Crippen LogP contribution < -0.4 is 0 Å². The van der Waals surface area contributed by atoms with Crippen LogP contribution in [-0.2, 0) is 6.42 Å². The van der Waals surface area contributed by atoms with E-state index in [1.807, 2.05) is 32.0 Å². The Bertz CT molecular complexity index is 509. The minimum atomic E-state index is 0.252. The van der Waals surface area contributed by atoms with Gasteiger partial charge in [0.25, 0.3) is 0 Å². The Hall–Kier alpha value is -1.90. The number of para-hydroxylation sites is 1. The Balaban J connectivity index is 2.56. The standard InChI is InChI=1S/C13H14N2O/c1-3-13-14-9(2)8-11(15-13)10-6-4-5-7-12(10)16/h4-8,16H,3H2,1-2H3. The molecule has 0 saturated heterocycles. The molecule has 0 aliphatic carbocycles. The number of benzene rings is 1. The molecule has 3 nitrogen and oxygen atoms in total. The molecule has 1 aromatic carbocycles. The van der Waals surface area contributed by atoms with Gasteiger partial charge >= 0.3 is 0 Å².